The molecule has 1 N–H and O–H groups in total. The van der Waals surface area contributed by atoms with Crippen LogP contribution in [0.15, 0.2) is 34.7 Å². The Hall–Kier alpha value is -1.68. The van der Waals surface area contributed by atoms with Gasteiger partial charge in [0.15, 0.2) is 0 Å². The topological polar surface area (TPSA) is 51.0 Å². The predicted molar refractivity (Wildman–Crippen MR) is 75.0 cm³/mol. The van der Waals surface area contributed by atoms with Crippen molar-refractivity contribution in [1.29, 1.82) is 0 Å². The molecule has 0 amide bonds. The maximum absolute atomic E-state index is 5.85. The second kappa shape index (κ2) is 6.48. The number of rotatable bonds is 6. The summed E-state index contributed by atoms with van der Waals surface area (Å²) in [6.07, 6.45) is 2.04. The molecule has 1 unspecified atom stereocenters. The highest BCUT2D eigenvalue weighted by Gasteiger charge is 2.21. The summed E-state index contributed by atoms with van der Waals surface area (Å²) >= 11 is 0. The van der Waals surface area contributed by atoms with Crippen molar-refractivity contribution in [3.8, 4) is 0 Å². The molecule has 4 heteroatoms. The third kappa shape index (κ3) is 3.01. The van der Waals surface area contributed by atoms with E-state index in [1.807, 2.05) is 25.2 Å². The van der Waals surface area contributed by atoms with Crippen molar-refractivity contribution in [1.82, 2.24) is 15.5 Å². The zero-order valence-corrected chi connectivity index (χ0v) is 11.8. The fourth-order valence-electron chi connectivity index (χ4n) is 2.24. The lowest BCUT2D eigenvalue weighted by atomic mass is 10.0. The number of nitrogens with zero attached hydrogens (tertiary/aromatic N) is 2. The van der Waals surface area contributed by atoms with Crippen LogP contribution in [0.3, 0.4) is 0 Å². The van der Waals surface area contributed by atoms with Crippen LogP contribution in [0.5, 0.6) is 0 Å². The van der Waals surface area contributed by atoms with Gasteiger partial charge in [-0.25, -0.2) is 0 Å². The van der Waals surface area contributed by atoms with Crippen LogP contribution in [-0.4, -0.2) is 17.2 Å². The molecule has 102 valence electrons. The molecule has 0 aliphatic rings. The van der Waals surface area contributed by atoms with Gasteiger partial charge in [-0.15, -0.1) is 10.2 Å². The van der Waals surface area contributed by atoms with Crippen LogP contribution < -0.4 is 5.32 Å². The van der Waals surface area contributed by atoms with Crippen molar-refractivity contribution in [2.75, 3.05) is 7.05 Å². The van der Waals surface area contributed by atoms with Gasteiger partial charge < -0.3 is 9.73 Å². The van der Waals surface area contributed by atoms with Gasteiger partial charge in [-0.2, -0.15) is 0 Å². The molecule has 0 aliphatic carbocycles. The molecule has 4 nitrogen and oxygen atoms in total. The minimum Gasteiger partial charge on any atom is -0.423 e. The average molecular weight is 259 g/mol. The quantitative estimate of drug-likeness (QED) is 0.865. The van der Waals surface area contributed by atoms with Gasteiger partial charge in [-0.1, -0.05) is 44.2 Å². The second-order valence-corrected chi connectivity index (χ2v) is 4.62. The van der Waals surface area contributed by atoms with Crippen LogP contribution in [0.25, 0.3) is 0 Å². The molecule has 1 heterocycles. The lowest BCUT2D eigenvalue weighted by Gasteiger charge is -2.12. The van der Waals surface area contributed by atoms with E-state index in [1.165, 1.54) is 0 Å². The van der Waals surface area contributed by atoms with Crippen molar-refractivity contribution in [3.05, 3.63) is 47.7 Å². The van der Waals surface area contributed by atoms with Gasteiger partial charge in [0, 0.05) is 5.92 Å². The normalized spacial score (nSPS) is 12.8. The molecule has 0 spiro atoms. The van der Waals surface area contributed by atoms with Gasteiger partial charge in [0.25, 0.3) is 0 Å². The highest BCUT2D eigenvalue weighted by Crippen LogP contribution is 2.25. The average Bonchev–Trinajstić information content (AvgIpc) is 2.92. The van der Waals surface area contributed by atoms with E-state index >= 15 is 0 Å². The zero-order valence-electron chi connectivity index (χ0n) is 11.8. The van der Waals surface area contributed by atoms with E-state index in [4.69, 9.17) is 4.42 Å². The number of hydrogen-bond donors (Lipinski definition) is 1. The van der Waals surface area contributed by atoms with Crippen molar-refractivity contribution < 1.29 is 4.42 Å². The summed E-state index contributed by atoms with van der Waals surface area (Å²) in [6, 6.07) is 10.1. The van der Waals surface area contributed by atoms with Crippen molar-refractivity contribution in [2.45, 2.75) is 38.6 Å². The first-order chi connectivity index (χ1) is 9.30. The summed E-state index contributed by atoms with van der Waals surface area (Å²) in [5.41, 5.74) is 1.13. The van der Waals surface area contributed by atoms with Gasteiger partial charge in [-0.3, -0.25) is 0 Å². The zero-order chi connectivity index (χ0) is 13.7. The number of aromatic nitrogens is 2. The molecule has 0 bridgehead atoms. The minimum atomic E-state index is -0.0446. The lowest BCUT2D eigenvalue weighted by molar-refractivity contribution is 0.383. The number of hydrogen-bond acceptors (Lipinski definition) is 4. The Morgan fingerprint density at radius 3 is 2.26 bits per heavy atom. The van der Waals surface area contributed by atoms with Crippen molar-refractivity contribution in [3.63, 3.8) is 0 Å². The van der Waals surface area contributed by atoms with E-state index in [0.29, 0.717) is 11.8 Å². The molecule has 2 rings (SSSR count). The van der Waals surface area contributed by atoms with Crippen molar-refractivity contribution >= 4 is 0 Å². The molecule has 0 saturated heterocycles. The molecular formula is C15H21N3O. The summed E-state index contributed by atoms with van der Waals surface area (Å²) < 4.78 is 5.85. The standard InChI is InChI=1S/C15H21N3O/c1-4-11(5-2)14-17-18-15(19-14)13(16-3)12-9-7-6-8-10-12/h6-11,13,16H,4-5H2,1-3H3. The smallest absolute Gasteiger partial charge is 0.237 e. The summed E-state index contributed by atoms with van der Waals surface area (Å²) in [4.78, 5) is 0. The minimum absolute atomic E-state index is 0.0446. The van der Waals surface area contributed by atoms with E-state index < -0.39 is 0 Å². The van der Waals surface area contributed by atoms with E-state index in [9.17, 15) is 0 Å². The Morgan fingerprint density at radius 1 is 1.05 bits per heavy atom. The summed E-state index contributed by atoms with van der Waals surface area (Å²) in [5.74, 6) is 1.74. The Kier molecular flexibility index (Phi) is 4.68. The number of nitrogens with one attached hydrogen (secondary N) is 1. The van der Waals surface area contributed by atoms with Crippen LogP contribution in [0.2, 0.25) is 0 Å². The third-order valence-corrected chi connectivity index (χ3v) is 3.46. The Morgan fingerprint density at radius 2 is 1.68 bits per heavy atom. The monoisotopic (exact) mass is 259 g/mol. The predicted octanol–water partition coefficient (Wildman–Crippen LogP) is 3.28. The largest absolute Gasteiger partial charge is 0.423 e. The summed E-state index contributed by atoms with van der Waals surface area (Å²) in [5, 5.41) is 11.6. The fourth-order valence-corrected chi connectivity index (χ4v) is 2.24. The summed E-state index contributed by atoms with van der Waals surface area (Å²) in [7, 11) is 1.90. The molecule has 2 aromatic rings. The molecule has 0 fully saturated rings. The van der Waals surface area contributed by atoms with Crippen LogP contribution in [-0.2, 0) is 0 Å². The molecule has 1 aromatic carbocycles. The second-order valence-electron chi connectivity index (χ2n) is 4.62. The van der Waals surface area contributed by atoms with Crippen LogP contribution >= 0.6 is 0 Å². The first-order valence-electron chi connectivity index (χ1n) is 6.85. The van der Waals surface area contributed by atoms with E-state index in [2.05, 4.69) is 41.5 Å². The maximum Gasteiger partial charge on any atom is 0.237 e. The van der Waals surface area contributed by atoms with Gasteiger partial charge in [0.1, 0.15) is 6.04 Å². The molecule has 0 saturated carbocycles. The van der Waals surface area contributed by atoms with Crippen LogP contribution in [0, 0.1) is 0 Å². The van der Waals surface area contributed by atoms with Crippen LogP contribution in [0.1, 0.15) is 56.0 Å². The van der Waals surface area contributed by atoms with Crippen LogP contribution in [0.4, 0.5) is 0 Å². The van der Waals surface area contributed by atoms with Gasteiger partial charge in [0.2, 0.25) is 11.8 Å². The molecule has 1 atom stereocenters. The Bertz CT molecular complexity index is 491. The third-order valence-electron chi connectivity index (χ3n) is 3.46. The Balaban J connectivity index is 2.25. The SMILES string of the molecule is CCC(CC)c1nnc(C(NC)c2ccccc2)o1. The highest BCUT2D eigenvalue weighted by atomic mass is 16.4. The maximum atomic E-state index is 5.85. The van der Waals surface area contributed by atoms with Gasteiger partial charge >= 0.3 is 0 Å². The number of benzene rings is 1. The molecular weight excluding hydrogens is 238 g/mol. The first-order valence-corrected chi connectivity index (χ1v) is 6.85. The van der Waals surface area contributed by atoms with E-state index in [-0.39, 0.29) is 6.04 Å². The van der Waals surface area contributed by atoms with Gasteiger partial charge in [-0.05, 0) is 25.5 Å². The van der Waals surface area contributed by atoms with E-state index in [1.54, 1.807) is 0 Å². The summed E-state index contributed by atoms with van der Waals surface area (Å²) in [6.45, 7) is 4.29. The van der Waals surface area contributed by atoms with E-state index in [0.717, 1.165) is 24.3 Å². The first kappa shape index (κ1) is 13.7. The molecule has 0 radical (unpaired) electrons. The molecule has 0 aliphatic heterocycles. The highest BCUT2D eigenvalue weighted by molar-refractivity contribution is 5.23. The molecule has 19 heavy (non-hydrogen) atoms. The van der Waals surface area contributed by atoms with Crippen molar-refractivity contribution in [2.24, 2.45) is 0 Å². The fraction of sp³-hybridized carbons (Fsp3) is 0.467. The van der Waals surface area contributed by atoms with Gasteiger partial charge in [0.05, 0.1) is 0 Å². The Labute approximate surface area is 114 Å². The lowest BCUT2D eigenvalue weighted by Crippen LogP contribution is -2.17. The molecule has 1 aromatic heterocycles.